The minimum Gasteiger partial charge on any atom is -0.319 e. The Morgan fingerprint density at radius 1 is 1.07 bits per heavy atom. The third-order valence-corrected chi connectivity index (χ3v) is 5.90. The van der Waals surface area contributed by atoms with Crippen molar-refractivity contribution in [3.05, 3.63) is 71.0 Å². The van der Waals surface area contributed by atoms with Crippen LogP contribution < -0.4 is 10.6 Å². The second kappa shape index (κ2) is 8.21. The number of hydrogen-bond donors (Lipinski definition) is 2. The zero-order chi connectivity index (χ0) is 20.4. The van der Waals surface area contributed by atoms with E-state index in [-0.39, 0.29) is 5.91 Å². The van der Waals surface area contributed by atoms with Crippen LogP contribution >= 0.6 is 0 Å². The predicted molar refractivity (Wildman–Crippen MR) is 117 cm³/mol. The lowest BCUT2D eigenvalue weighted by atomic mass is 9.88. The van der Waals surface area contributed by atoms with Crippen molar-refractivity contribution in [2.45, 2.75) is 32.6 Å². The fourth-order valence-corrected chi connectivity index (χ4v) is 4.11. The number of piperidine rings is 1. The van der Waals surface area contributed by atoms with E-state index in [2.05, 4.69) is 46.1 Å². The lowest BCUT2D eigenvalue weighted by molar-refractivity contribution is 0.102. The number of aromatic nitrogens is 2. The highest BCUT2D eigenvalue weighted by atomic mass is 16.1. The second-order valence-electron chi connectivity index (χ2n) is 7.85. The Morgan fingerprint density at radius 3 is 2.45 bits per heavy atom. The zero-order valence-corrected chi connectivity index (χ0v) is 17.3. The molecule has 0 atom stereocenters. The minimum absolute atomic E-state index is 0.111. The standard InChI is InChI=1S/C24H28N4O/c1-16-23(17(2)28(3)27-16)26-24(29)22-9-5-8-21(15-22)20-7-4-6-19(14-20)18-10-12-25-13-11-18/h4-9,14-15,18,25H,10-13H2,1-3H3,(H,26,29). The van der Waals surface area contributed by atoms with Gasteiger partial charge in [0.1, 0.15) is 0 Å². The molecule has 1 fully saturated rings. The monoisotopic (exact) mass is 388 g/mol. The van der Waals surface area contributed by atoms with Crippen molar-refractivity contribution in [2.75, 3.05) is 18.4 Å². The van der Waals surface area contributed by atoms with Crippen LogP contribution in [0.4, 0.5) is 5.69 Å². The van der Waals surface area contributed by atoms with Gasteiger partial charge in [0, 0.05) is 12.6 Å². The van der Waals surface area contributed by atoms with E-state index < -0.39 is 0 Å². The van der Waals surface area contributed by atoms with Crippen molar-refractivity contribution in [1.29, 1.82) is 0 Å². The number of carbonyl (C=O) groups excluding carboxylic acids is 1. The van der Waals surface area contributed by atoms with E-state index in [4.69, 9.17) is 0 Å². The van der Waals surface area contributed by atoms with Crippen LogP contribution in [0.1, 0.15) is 46.1 Å². The second-order valence-corrected chi connectivity index (χ2v) is 7.85. The Balaban J connectivity index is 1.58. The van der Waals surface area contributed by atoms with Gasteiger partial charge in [-0.1, -0.05) is 36.4 Å². The first-order valence-electron chi connectivity index (χ1n) is 10.3. The smallest absolute Gasteiger partial charge is 0.255 e. The maximum atomic E-state index is 12.9. The van der Waals surface area contributed by atoms with E-state index in [9.17, 15) is 4.79 Å². The molecule has 0 aliphatic carbocycles. The molecule has 0 spiro atoms. The van der Waals surface area contributed by atoms with Crippen LogP contribution in [-0.4, -0.2) is 28.8 Å². The molecule has 1 saturated heterocycles. The van der Waals surface area contributed by atoms with Crippen molar-refractivity contribution in [1.82, 2.24) is 15.1 Å². The fourth-order valence-electron chi connectivity index (χ4n) is 4.11. The highest BCUT2D eigenvalue weighted by Crippen LogP contribution is 2.29. The number of benzene rings is 2. The minimum atomic E-state index is -0.111. The summed E-state index contributed by atoms with van der Waals surface area (Å²) in [7, 11) is 1.88. The Labute approximate surface area is 172 Å². The predicted octanol–water partition coefficient (Wildman–Crippen LogP) is 4.42. The summed E-state index contributed by atoms with van der Waals surface area (Å²) in [5.41, 5.74) is 6.82. The van der Waals surface area contributed by atoms with E-state index in [1.165, 1.54) is 18.4 Å². The van der Waals surface area contributed by atoms with Gasteiger partial charge in [-0.15, -0.1) is 0 Å². The highest BCUT2D eigenvalue weighted by Gasteiger charge is 2.17. The van der Waals surface area contributed by atoms with E-state index >= 15 is 0 Å². The average Bonchev–Trinajstić information content (AvgIpc) is 3.00. The summed E-state index contributed by atoms with van der Waals surface area (Å²) in [5.74, 6) is 0.500. The van der Waals surface area contributed by atoms with Crippen LogP contribution in [0, 0.1) is 13.8 Å². The molecule has 0 saturated carbocycles. The highest BCUT2D eigenvalue weighted by molar-refractivity contribution is 6.05. The summed E-state index contributed by atoms with van der Waals surface area (Å²) in [6.07, 6.45) is 2.35. The molecule has 0 radical (unpaired) electrons. The number of hydrogen-bond acceptors (Lipinski definition) is 3. The molecule has 4 rings (SSSR count). The fraction of sp³-hybridized carbons (Fsp3) is 0.333. The van der Waals surface area contributed by atoms with Gasteiger partial charge in [-0.25, -0.2) is 0 Å². The summed E-state index contributed by atoms with van der Waals surface area (Å²) in [5, 5.41) is 10.8. The topological polar surface area (TPSA) is 59.0 Å². The Bertz CT molecular complexity index is 1030. The first-order valence-corrected chi connectivity index (χ1v) is 10.3. The number of rotatable bonds is 4. The van der Waals surface area contributed by atoms with Gasteiger partial charge in [-0.2, -0.15) is 5.10 Å². The Hall–Kier alpha value is -2.92. The van der Waals surface area contributed by atoms with Crippen LogP contribution in [0.15, 0.2) is 48.5 Å². The van der Waals surface area contributed by atoms with Crippen molar-refractivity contribution < 1.29 is 4.79 Å². The summed E-state index contributed by atoms with van der Waals surface area (Å²) in [4.78, 5) is 12.9. The van der Waals surface area contributed by atoms with Crippen molar-refractivity contribution in [3.63, 3.8) is 0 Å². The maximum Gasteiger partial charge on any atom is 0.255 e. The van der Waals surface area contributed by atoms with Gasteiger partial charge in [-0.3, -0.25) is 9.48 Å². The molecule has 2 N–H and O–H groups in total. The molecule has 1 aromatic heterocycles. The molecule has 150 valence electrons. The Kier molecular flexibility index (Phi) is 5.49. The van der Waals surface area contributed by atoms with Gasteiger partial charge in [-0.05, 0) is 74.5 Å². The molecular formula is C24H28N4O. The quantitative estimate of drug-likeness (QED) is 0.695. The largest absolute Gasteiger partial charge is 0.319 e. The number of nitrogens with zero attached hydrogens (tertiary/aromatic N) is 2. The normalized spacial score (nSPS) is 14.7. The zero-order valence-electron chi connectivity index (χ0n) is 17.3. The molecule has 5 heteroatoms. The number of anilines is 1. The van der Waals surface area contributed by atoms with Gasteiger partial charge in [0.15, 0.2) is 0 Å². The first kappa shape index (κ1) is 19.4. The Morgan fingerprint density at radius 2 is 1.76 bits per heavy atom. The SMILES string of the molecule is Cc1nn(C)c(C)c1NC(=O)c1cccc(-c2cccc(C3CCNCC3)c2)c1. The van der Waals surface area contributed by atoms with E-state index in [0.717, 1.165) is 41.3 Å². The van der Waals surface area contributed by atoms with Gasteiger partial charge in [0.25, 0.3) is 5.91 Å². The maximum absolute atomic E-state index is 12.9. The lowest BCUT2D eigenvalue weighted by Gasteiger charge is -2.23. The summed E-state index contributed by atoms with van der Waals surface area (Å²) < 4.78 is 1.79. The lowest BCUT2D eigenvalue weighted by Crippen LogP contribution is -2.26. The molecule has 1 amide bonds. The molecule has 1 aliphatic rings. The molecule has 0 unspecified atom stereocenters. The van der Waals surface area contributed by atoms with Crippen LogP contribution in [0.2, 0.25) is 0 Å². The number of nitrogens with one attached hydrogen (secondary N) is 2. The van der Waals surface area contributed by atoms with Gasteiger partial charge in [0.05, 0.1) is 17.1 Å². The summed E-state index contributed by atoms with van der Waals surface area (Å²) in [6.45, 7) is 6.03. The van der Waals surface area contributed by atoms with E-state index in [0.29, 0.717) is 11.5 Å². The van der Waals surface area contributed by atoms with E-state index in [1.54, 1.807) is 4.68 Å². The third kappa shape index (κ3) is 4.10. The van der Waals surface area contributed by atoms with Crippen molar-refractivity contribution in [2.24, 2.45) is 7.05 Å². The number of amides is 1. The molecule has 29 heavy (non-hydrogen) atoms. The molecule has 5 nitrogen and oxygen atoms in total. The molecule has 2 heterocycles. The van der Waals surface area contributed by atoms with Crippen LogP contribution in [0.25, 0.3) is 11.1 Å². The molecule has 3 aromatic rings. The van der Waals surface area contributed by atoms with Gasteiger partial charge < -0.3 is 10.6 Å². The number of aryl methyl sites for hydroxylation is 2. The molecule has 2 aromatic carbocycles. The van der Waals surface area contributed by atoms with E-state index in [1.807, 2.05) is 39.1 Å². The first-order chi connectivity index (χ1) is 14.0. The van der Waals surface area contributed by atoms with Crippen LogP contribution in [0.5, 0.6) is 0 Å². The van der Waals surface area contributed by atoms with Gasteiger partial charge >= 0.3 is 0 Å². The summed E-state index contributed by atoms with van der Waals surface area (Å²) in [6, 6.07) is 16.6. The molecule has 0 bridgehead atoms. The molecule has 1 aliphatic heterocycles. The van der Waals surface area contributed by atoms with Crippen LogP contribution in [0.3, 0.4) is 0 Å². The van der Waals surface area contributed by atoms with Gasteiger partial charge in [0.2, 0.25) is 0 Å². The average molecular weight is 389 g/mol. The summed E-state index contributed by atoms with van der Waals surface area (Å²) >= 11 is 0. The van der Waals surface area contributed by atoms with Crippen molar-refractivity contribution >= 4 is 11.6 Å². The third-order valence-electron chi connectivity index (χ3n) is 5.90. The van der Waals surface area contributed by atoms with Crippen molar-refractivity contribution in [3.8, 4) is 11.1 Å². The molecular weight excluding hydrogens is 360 g/mol. The van der Waals surface area contributed by atoms with Crippen LogP contribution in [-0.2, 0) is 7.05 Å². The number of carbonyl (C=O) groups is 1.